The molecular formula is C20H26ClN3O3S. The van der Waals surface area contributed by atoms with Crippen molar-refractivity contribution in [3.8, 4) is 0 Å². The Kier molecular flexibility index (Phi) is 7.67. The molecule has 1 amide bonds. The largest absolute Gasteiger partial charge is 0.455 e. The van der Waals surface area contributed by atoms with Gasteiger partial charge in [-0.3, -0.25) is 13.9 Å². The summed E-state index contributed by atoms with van der Waals surface area (Å²) >= 11 is 5.94. The second kappa shape index (κ2) is 10.2. The molecule has 0 radical (unpaired) electrons. The molecule has 0 spiro atoms. The molecule has 1 atom stereocenters. The predicted octanol–water partition coefficient (Wildman–Crippen LogP) is 2.61. The Labute approximate surface area is 173 Å². The van der Waals surface area contributed by atoms with Gasteiger partial charge in [-0.25, -0.2) is 0 Å². The smallest absolute Gasteiger partial charge is 0.287 e. The number of amides is 1. The standard InChI is InChI=1S/C20H26ClN3O3S/c1-2-23-10-12-24(13-11-23)9-8-22-20(25)19-7-6-17(27-19)15-28(26)18-5-3-4-16(21)14-18/h3-7,14H,2,8-13,15H2,1H3,(H,22,25)/t28-/m0/s1. The zero-order chi connectivity index (χ0) is 19.9. The van der Waals surface area contributed by atoms with Crippen LogP contribution in [0.5, 0.6) is 0 Å². The van der Waals surface area contributed by atoms with E-state index in [9.17, 15) is 9.00 Å². The number of carbonyl (C=O) groups is 1. The number of benzene rings is 1. The molecule has 1 aliphatic heterocycles. The highest BCUT2D eigenvalue weighted by atomic mass is 35.5. The van der Waals surface area contributed by atoms with Crippen molar-refractivity contribution < 1.29 is 13.4 Å². The number of carbonyl (C=O) groups excluding carboxylic acids is 1. The van der Waals surface area contributed by atoms with Crippen molar-refractivity contribution in [3.63, 3.8) is 0 Å². The maximum atomic E-state index is 12.4. The van der Waals surface area contributed by atoms with Crippen LogP contribution in [-0.4, -0.2) is 65.7 Å². The molecule has 0 saturated carbocycles. The van der Waals surface area contributed by atoms with Crippen LogP contribution in [-0.2, 0) is 16.6 Å². The summed E-state index contributed by atoms with van der Waals surface area (Å²) in [6.45, 7) is 8.90. The highest BCUT2D eigenvalue weighted by Gasteiger charge is 2.17. The Morgan fingerprint density at radius 3 is 2.64 bits per heavy atom. The number of halogens is 1. The van der Waals surface area contributed by atoms with Gasteiger partial charge in [0.05, 0.1) is 16.6 Å². The number of rotatable bonds is 8. The van der Waals surface area contributed by atoms with Gasteiger partial charge in [-0.2, -0.15) is 0 Å². The van der Waals surface area contributed by atoms with Crippen molar-refractivity contribution in [1.29, 1.82) is 0 Å². The zero-order valence-electron chi connectivity index (χ0n) is 16.0. The van der Waals surface area contributed by atoms with Gasteiger partial charge in [-0.15, -0.1) is 0 Å². The van der Waals surface area contributed by atoms with Crippen LogP contribution in [0.3, 0.4) is 0 Å². The molecule has 1 aliphatic rings. The summed E-state index contributed by atoms with van der Waals surface area (Å²) in [5.41, 5.74) is 0. The first-order valence-electron chi connectivity index (χ1n) is 9.50. The van der Waals surface area contributed by atoms with Crippen LogP contribution in [0.1, 0.15) is 23.2 Å². The molecule has 6 nitrogen and oxygen atoms in total. The Morgan fingerprint density at radius 2 is 1.93 bits per heavy atom. The molecule has 1 saturated heterocycles. The van der Waals surface area contributed by atoms with Crippen LogP contribution >= 0.6 is 11.6 Å². The van der Waals surface area contributed by atoms with E-state index in [0.29, 0.717) is 22.2 Å². The maximum absolute atomic E-state index is 12.4. The minimum Gasteiger partial charge on any atom is -0.455 e. The highest BCUT2D eigenvalue weighted by Crippen LogP contribution is 2.18. The lowest BCUT2D eigenvalue weighted by Crippen LogP contribution is -2.48. The summed E-state index contributed by atoms with van der Waals surface area (Å²) in [4.78, 5) is 17.7. The lowest BCUT2D eigenvalue weighted by Gasteiger charge is -2.33. The summed E-state index contributed by atoms with van der Waals surface area (Å²) in [5, 5.41) is 3.44. The fourth-order valence-corrected chi connectivity index (χ4v) is 4.47. The average Bonchev–Trinajstić information content (AvgIpc) is 3.17. The molecule has 1 aromatic carbocycles. The number of furan rings is 1. The molecule has 2 heterocycles. The number of hydrogen-bond donors (Lipinski definition) is 1. The van der Waals surface area contributed by atoms with E-state index in [2.05, 4.69) is 22.0 Å². The minimum atomic E-state index is -1.28. The first-order chi connectivity index (χ1) is 13.5. The van der Waals surface area contributed by atoms with Gasteiger partial charge in [0.2, 0.25) is 0 Å². The molecule has 8 heteroatoms. The Balaban J connectivity index is 1.44. The third-order valence-corrected chi connectivity index (χ3v) is 6.41. The summed E-state index contributed by atoms with van der Waals surface area (Å²) in [7, 11) is -1.28. The van der Waals surface area contributed by atoms with Crippen LogP contribution in [0, 0.1) is 0 Å². The van der Waals surface area contributed by atoms with E-state index in [1.165, 1.54) is 0 Å². The second-order valence-corrected chi connectivity index (χ2v) is 8.63. The number of piperazine rings is 1. The Morgan fingerprint density at radius 1 is 1.18 bits per heavy atom. The van der Waals surface area contributed by atoms with Gasteiger partial charge >= 0.3 is 0 Å². The average molecular weight is 424 g/mol. The first kappa shape index (κ1) is 21.0. The van der Waals surface area contributed by atoms with Gasteiger partial charge in [0, 0.05) is 49.2 Å². The molecule has 0 unspecified atom stereocenters. The van der Waals surface area contributed by atoms with E-state index in [1.54, 1.807) is 36.4 Å². The third kappa shape index (κ3) is 5.91. The topological polar surface area (TPSA) is 65.8 Å². The fraction of sp³-hybridized carbons (Fsp3) is 0.450. The van der Waals surface area contributed by atoms with Crippen molar-refractivity contribution in [1.82, 2.24) is 15.1 Å². The number of hydrogen-bond acceptors (Lipinski definition) is 5. The maximum Gasteiger partial charge on any atom is 0.287 e. The van der Waals surface area contributed by atoms with E-state index >= 15 is 0 Å². The van der Waals surface area contributed by atoms with Crippen LogP contribution in [0.2, 0.25) is 5.02 Å². The van der Waals surface area contributed by atoms with Crippen LogP contribution < -0.4 is 5.32 Å². The van der Waals surface area contributed by atoms with E-state index in [-0.39, 0.29) is 17.4 Å². The monoisotopic (exact) mass is 423 g/mol. The summed E-state index contributed by atoms with van der Waals surface area (Å²) in [6, 6.07) is 10.3. The van der Waals surface area contributed by atoms with Crippen molar-refractivity contribution in [2.45, 2.75) is 17.6 Å². The minimum absolute atomic E-state index is 0.204. The molecule has 0 aliphatic carbocycles. The number of nitrogens with zero attached hydrogens (tertiary/aromatic N) is 2. The SMILES string of the molecule is CCN1CCN(CCNC(=O)c2ccc(C[S@](=O)c3cccc(Cl)c3)o2)CC1. The second-order valence-electron chi connectivity index (χ2n) is 6.74. The zero-order valence-corrected chi connectivity index (χ0v) is 17.6. The van der Waals surface area contributed by atoms with E-state index in [1.807, 2.05) is 0 Å². The summed E-state index contributed by atoms with van der Waals surface area (Å²) in [6.07, 6.45) is 0. The highest BCUT2D eigenvalue weighted by molar-refractivity contribution is 7.84. The van der Waals surface area contributed by atoms with Crippen molar-refractivity contribution in [2.24, 2.45) is 0 Å². The molecule has 2 aromatic rings. The van der Waals surface area contributed by atoms with Crippen molar-refractivity contribution in [2.75, 3.05) is 45.8 Å². The molecular weight excluding hydrogens is 398 g/mol. The van der Waals surface area contributed by atoms with Gasteiger partial charge < -0.3 is 14.6 Å². The Hall–Kier alpha value is -1.67. The molecule has 1 fully saturated rings. The molecule has 0 bridgehead atoms. The van der Waals surface area contributed by atoms with E-state index < -0.39 is 10.8 Å². The van der Waals surface area contributed by atoms with Gasteiger partial charge in [0.15, 0.2) is 5.76 Å². The van der Waals surface area contributed by atoms with Crippen LogP contribution in [0.4, 0.5) is 0 Å². The van der Waals surface area contributed by atoms with Crippen molar-refractivity contribution >= 4 is 28.3 Å². The molecule has 3 rings (SSSR count). The number of nitrogens with one attached hydrogen (secondary N) is 1. The molecule has 1 N–H and O–H groups in total. The first-order valence-corrected chi connectivity index (χ1v) is 11.2. The van der Waals surface area contributed by atoms with Crippen LogP contribution in [0.25, 0.3) is 0 Å². The quantitative estimate of drug-likeness (QED) is 0.707. The molecule has 28 heavy (non-hydrogen) atoms. The summed E-state index contributed by atoms with van der Waals surface area (Å²) in [5.74, 6) is 0.718. The summed E-state index contributed by atoms with van der Waals surface area (Å²) < 4.78 is 18.0. The number of likely N-dealkylation sites (N-methyl/N-ethyl adjacent to an activating group) is 1. The van der Waals surface area contributed by atoms with Gasteiger partial charge in [-0.05, 0) is 36.9 Å². The normalized spacial score (nSPS) is 16.8. The lowest BCUT2D eigenvalue weighted by molar-refractivity contribution is 0.0909. The van der Waals surface area contributed by atoms with Crippen LogP contribution in [0.15, 0.2) is 45.7 Å². The van der Waals surface area contributed by atoms with Gasteiger partial charge in [0.1, 0.15) is 5.76 Å². The molecule has 152 valence electrons. The van der Waals surface area contributed by atoms with E-state index in [0.717, 1.165) is 39.3 Å². The molecule has 1 aromatic heterocycles. The third-order valence-electron chi connectivity index (χ3n) is 4.84. The van der Waals surface area contributed by atoms with Gasteiger partial charge in [0.25, 0.3) is 5.91 Å². The van der Waals surface area contributed by atoms with E-state index in [4.69, 9.17) is 16.0 Å². The lowest BCUT2D eigenvalue weighted by atomic mass is 10.3. The fourth-order valence-electron chi connectivity index (χ4n) is 3.14. The Bertz CT molecular complexity index is 819. The predicted molar refractivity (Wildman–Crippen MR) is 111 cm³/mol. The van der Waals surface area contributed by atoms with Crippen molar-refractivity contribution in [3.05, 3.63) is 52.9 Å². The van der Waals surface area contributed by atoms with Gasteiger partial charge in [-0.1, -0.05) is 24.6 Å².